The van der Waals surface area contributed by atoms with E-state index < -0.39 is 11.9 Å². The molecule has 1 aliphatic rings. The molecule has 0 spiro atoms. The van der Waals surface area contributed by atoms with Crippen LogP contribution in [0, 0.1) is 41.5 Å². The van der Waals surface area contributed by atoms with Crippen molar-refractivity contribution >= 4 is 52.3 Å². The summed E-state index contributed by atoms with van der Waals surface area (Å²) in [5.74, 6) is 1.02. The van der Waals surface area contributed by atoms with E-state index in [1.54, 1.807) is 0 Å². The molecule has 0 unspecified atom stereocenters. The normalized spacial score (nSPS) is 14.4. The average Bonchev–Trinajstić information content (AvgIpc) is 3.19. The SMILES string of the molecule is Cc1cc(C)c(N2CCN(c3c(C)cc(C)cc3C)[C]2=[Ru]([Cl])([Cl])=[CH]c2ccccc2OCS)c(C)c1. The topological polar surface area (TPSA) is 15.7 Å². The molecule has 36 heavy (non-hydrogen) atoms. The van der Waals surface area contributed by atoms with Gasteiger partial charge in [-0.1, -0.05) is 0 Å². The van der Waals surface area contributed by atoms with Crippen LogP contribution in [0.5, 0.6) is 5.75 Å². The molecule has 1 heterocycles. The summed E-state index contributed by atoms with van der Waals surface area (Å²) in [4.78, 5) is 4.74. The Kier molecular flexibility index (Phi) is 8.36. The molecule has 0 atom stereocenters. The van der Waals surface area contributed by atoms with Gasteiger partial charge in [-0.05, 0) is 0 Å². The number of aryl methyl sites for hydroxylation is 6. The minimum absolute atomic E-state index is 0.284. The monoisotopic (exact) mass is 630 g/mol. The van der Waals surface area contributed by atoms with Crippen LogP contribution in [0.4, 0.5) is 11.4 Å². The summed E-state index contributed by atoms with van der Waals surface area (Å²) in [7, 11) is 15.0. The molecule has 0 radical (unpaired) electrons. The van der Waals surface area contributed by atoms with Gasteiger partial charge in [-0.2, -0.15) is 0 Å². The van der Waals surface area contributed by atoms with Gasteiger partial charge in [0, 0.05) is 0 Å². The molecule has 3 aromatic carbocycles. The molecule has 7 heteroatoms. The van der Waals surface area contributed by atoms with Crippen molar-refractivity contribution in [3.8, 4) is 5.75 Å². The second-order valence-electron chi connectivity index (χ2n) is 9.41. The van der Waals surface area contributed by atoms with Crippen LogP contribution in [0.1, 0.15) is 38.9 Å². The van der Waals surface area contributed by atoms with Crippen molar-refractivity contribution in [3.63, 3.8) is 0 Å². The van der Waals surface area contributed by atoms with E-state index in [2.05, 4.69) is 92.8 Å². The number of rotatable bonds is 5. The van der Waals surface area contributed by atoms with Crippen LogP contribution in [0.2, 0.25) is 0 Å². The quantitative estimate of drug-likeness (QED) is 0.178. The van der Waals surface area contributed by atoms with E-state index in [0.29, 0.717) is 0 Å². The Morgan fingerprint density at radius 2 is 1.25 bits per heavy atom. The third-order valence-electron chi connectivity index (χ3n) is 6.38. The molecular formula is C29H34Cl2N2ORuS. The van der Waals surface area contributed by atoms with Crippen molar-refractivity contribution in [1.29, 1.82) is 0 Å². The van der Waals surface area contributed by atoms with Crippen LogP contribution in [0.25, 0.3) is 0 Å². The first-order valence-electron chi connectivity index (χ1n) is 11.9. The Morgan fingerprint density at radius 3 is 1.69 bits per heavy atom. The van der Waals surface area contributed by atoms with Crippen LogP contribution in [0.3, 0.4) is 0 Å². The van der Waals surface area contributed by atoms with Crippen molar-refractivity contribution in [2.75, 3.05) is 28.8 Å². The first kappa shape index (κ1) is 27.4. The second kappa shape index (κ2) is 11.0. The van der Waals surface area contributed by atoms with Gasteiger partial charge in [-0.25, -0.2) is 0 Å². The van der Waals surface area contributed by atoms with E-state index in [1.807, 2.05) is 24.3 Å². The summed E-state index contributed by atoms with van der Waals surface area (Å²) in [5.41, 5.74) is 10.7. The Bertz CT molecular complexity index is 1320. The summed E-state index contributed by atoms with van der Waals surface area (Å²) < 4.78 is 8.83. The van der Waals surface area contributed by atoms with E-state index in [9.17, 15) is 0 Å². The van der Waals surface area contributed by atoms with Crippen LogP contribution < -0.4 is 14.5 Å². The third kappa shape index (κ3) is 5.46. The molecule has 3 aromatic rings. The molecule has 0 aliphatic carbocycles. The molecule has 194 valence electrons. The maximum atomic E-state index is 7.50. The van der Waals surface area contributed by atoms with Crippen LogP contribution in [0.15, 0.2) is 48.5 Å². The van der Waals surface area contributed by atoms with E-state index in [-0.39, 0.29) is 5.94 Å². The summed E-state index contributed by atoms with van der Waals surface area (Å²) in [6, 6.07) is 16.8. The van der Waals surface area contributed by atoms with Crippen molar-refractivity contribution in [2.45, 2.75) is 41.5 Å². The molecule has 0 bridgehead atoms. The van der Waals surface area contributed by atoms with Crippen LogP contribution in [-0.2, 0) is 11.9 Å². The number of anilines is 2. The van der Waals surface area contributed by atoms with Crippen molar-refractivity contribution in [2.24, 2.45) is 0 Å². The minimum atomic E-state index is -3.62. The molecule has 4 rings (SSSR count). The van der Waals surface area contributed by atoms with Gasteiger partial charge < -0.3 is 0 Å². The number of hydrogen-bond acceptors (Lipinski definition) is 4. The Hall–Kier alpha value is -1.65. The van der Waals surface area contributed by atoms with Crippen molar-refractivity contribution < 1.29 is 16.6 Å². The molecule has 0 saturated carbocycles. The predicted octanol–water partition coefficient (Wildman–Crippen LogP) is 7.53. The fourth-order valence-electron chi connectivity index (χ4n) is 5.33. The van der Waals surface area contributed by atoms with Crippen LogP contribution in [-0.4, -0.2) is 28.0 Å². The van der Waals surface area contributed by atoms with Gasteiger partial charge in [0.05, 0.1) is 0 Å². The summed E-state index contributed by atoms with van der Waals surface area (Å²) >= 11 is 0.637. The molecule has 3 nitrogen and oxygen atoms in total. The summed E-state index contributed by atoms with van der Waals surface area (Å²) in [6.45, 7) is 14.6. The third-order valence-corrected chi connectivity index (χ3v) is 12.0. The Labute approximate surface area is 231 Å². The van der Waals surface area contributed by atoms with Gasteiger partial charge in [0.1, 0.15) is 0 Å². The van der Waals surface area contributed by atoms with E-state index in [1.165, 1.54) is 44.8 Å². The number of thiol groups is 1. The number of benzene rings is 3. The van der Waals surface area contributed by atoms with Gasteiger partial charge in [-0.3, -0.25) is 0 Å². The van der Waals surface area contributed by atoms with Gasteiger partial charge in [0.2, 0.25) is 0 Å². The summed E-state index contributed by atoms with van der Waals surface area (Å²) in [5, 5.41) is 0. The molecule has 1 fully saturated rings. The number of para-hydroxylation sites is 1. The van der Waals surface area contributed by atoms with Gasteiger partial charge in [-0.15, -0.1) is 0 Å². The fraction of sp³-hybridized carbons (Fsp3) is 0.310. The number of nitrogens with zero attached hydrogens (tertiary/aromatic N) is 2. The van der Waals surface area contributed by atoms with Gasteiger partial charge >= 0.3 is 233 Å². The van der Waals surface area contributed by atoms with Crippen molar-refractivity contribution in [1.82, 2.24) is 0 Å². The molecule has 0 amide bonds. The summed E-state index contributed by atoms with van der Waals surface area (Å²) in [6.07, 6.45) is 0. The average molecular weight is 631 g/mol. The zero-order valence-electron chi connectivity index (χ0n) is 21.7. The molecule has 0 N–H and O–H groups in total. The Balaban J connectivity index is 2.04. The molecule has 1 aliphatic heterocycles. The first-order chi connectivity index (χ1) is 17.0. The van der Waals surface area contributed by atoms with E-state index >= 15 is 0 Å². The van der Waals surface area contributed by atoms with Crippen LogP contribution >= 0.6 is 32.0 Å². The zero-order chi connectivity index (χ0) is 26.2. The second-order valence-corrected chi connectivity index (χ2v) is 18.9. The maximum absolute atomic E-state index is 7.50. The standard InChI is InChI=1S/C21H26N2.C8H8OS.2ClH.Ru/c1-14-9-16(3)20(17(4)10-14)22-7-8-23(13-22)21-18(5)11-15(2)12-19(21)6;1-7-4-2-3-5-8(7)9-6-10;;;/h9-12H,7-8H2,1-6H3;1-5,10H,6H2;2*1H;/q;;;;+2/p-2. The first-order valence-corrected chi connectivity index (χ1v) is 18.9. The number of halogens is 2. The van der Waals surface area contributed by atoms with Crippen molar-refractivity contribution in [3.05, 3.63) is 87.5 Å². The number of hydrogen-bond donors (Lipinski definition) is 1. The number of ether oxygens (including phenoxy) is 1. The van der Waals surface area contributed by atoms with Gasteiger partial charge in [0.15, 0.2) is 0 Å². The molecular weight excluding hydrogens is 596 g/mol. The fourth-order valence-corrected chi connectivity index (χ4v) is 11.5. The Morgan fingerprint density at radius 1 is 0.806 bits per heavy atom. The molecule has 0 aromatic heterocycles. The van der Waals surface area contributed by atoms with E-state index in [4.69, 9.17) is 24.1 Å². The predicted molar refractivity (Wildman–Crippen MR) is 159 cm³/mol. The zero-order valence-corrected chi connectivity index (χ0v) is 25.8. The van der Waals surface area contributed by atoms with E-state index in [0.717, 1.165) is 28.8 Å². The van der Waals surface area contributed by atoms with Gasteiger partial charge in [0.25, 0.3) is 0 Å². The molecule has 1 saturated heterocycles.